The van der Waals surface area contributed by atoms with E-state index < -0.39 is 11.9 Å². The molecule has 0 spiro atoms. The van der Waals surface area contributed by atoms with Crippen LogP contribution in [0.2, 0.25) is 0 Å². The number of benzene rings is 2. The lowest BCUT2D eigenvalue weighted by molar-refractivity contribution is -0.112. The first-order valence-corrected chi connectivity index (χ1v) is 8.25. The molecule has 0 aliphatic heterocycles. The van der Waals surface area contributed by atoms with Crippen LogP contribution in [0.3, 0.4) is 0 Å². The predicted molar refractivity (Wildman–Crippen MR) is 103 cm³/mol. The Morgan fingerprint density at radius 2 is 1.93 bits per heavy atom. The number of fused-ring (bicyclic) bond motifs is 1. The number of hydrogen-bond donors (Lipinski definition) is 2. The van der Waals surface area contributed by atoms with E-state index in [0.29, 0.717) is 5.56 Å². The largest absolute Gasteiger partial charge is 0.478 e. The molecule has 7 nitrogen and oxygen atoms in total. The van der Waals surface area contributed by atoms with Gasteiger partial charge in [-0.25, -0.2) is 4.79 Å². The van der Waals surface area contributed by atoms with Gasteiger partial charge in [-0.15, -0.1) is 0 Å². The molecule has 0 saturated heterocycles. The van der Waals surface area contributed by atoms with Gasteiger partial charge in [-0.1, -0.05) is 24.3 Å². The molecule has 28 heavy (non-hydrogen) atoms. The fourth-order valence-corrected chi connectivity index (χ4v) is 2.83. The minimum Gasteiger partial charge on any atom is -0.478 e. The smallest absolute Gasteiger partial charge is 0.335 e. The molecule has 0 bridgehead atoms. The van der Waals surface area contributed by atoms with Gasteiger partial charge in [-0.05, 0) is 30.3 Å². The van der Waals surface area contributed by atoms with E-state index in [4.69, 9.17) is 10.4 Å². The van der Waals surface area contributed by atoms with E-state index >= 15 is 0 Å². The molecule has 2 aromatic carbocycles. The summed E-state index contributed by atoms with van der Waals surface area (Å²) in [4.78, 5) is 23.5. The minimum absolute atomic E-state index is 0.0276. The molecule has 7 heteroatoms. The summed E-state index contributed by atoms with van der Waals surface area (Å²) in [7, 11) is 0. The molecule has 1 amide bonds. The first-order chi connectivity index (χ1) is 13.5. The Hall–Kier alpha value is -4.36. The summed E-state index contributed by atoms with van der Waals surface area (Å²) in [6, 6.07) is 17.1. The third-order valence-corrected chi connectivity index (χ3v) is 4.09. The summed E-state index contributed by atoms with van der Waals surface area (Å²) in [5.74, 6) is -1.76. The lowest BCUT2D eigenvalue weighted by Gasteiger charge is -2.05. The van der Waals surface area contributed by atoms with E-state index in [0.717, 1.165) is 10.9 Å². The Balaban J connectivity index is 1.94. The van der Waals surface area contributed by atoms with Crippen molar-refractivity contribution < 1.29 is 14.7 Å². The number of carbonyl (C=O) groups is 2. The number of carboxylic acids is 1. The average Bonchev–Trinajstić information content (AvgIpc) is 3.04. The van der Waals surface area contributed by atoms with Gasteiger partial charge in [0.15, 0.2) is 0 Å². The molecule has 0 radical (unpaired) electrons. The lowest BCUT2D eigenvalue weighted by atomic mass is 10.1. The second kappa shape index (κ2) is 7.90. The zero-order valence-corrected chi connectivity index (χ0v) is 14.6. The summed E-state index contributed by atoms with van der Waals surface area (Å²) in [6.07, 6.45) is 3.16. The van der Waals surface area contributed by atoms with E-state index in [2.05, 4.69) is 11.4 Å². The predicted octanol–water partition coefficient (Wildman–Crippen LogP) is 3.41. The van der Waals surface area contributed by atoms with Gasteiger partial charge in [0.25, 0.3) is 5.91 Å². The van der Waals surface area contributed by atoms with Gasteiger partial charge < -0.3 is 15.0 Å². The van der Waals surface area contributed by atoms with Crippen molar-refractivity contribution in [1.82, 2.24) is 4.57 Å². The zero-order valence-electron chi connectivity index (χ0n) is 14.6. The number of rotatable bonds is 5. The fraction of sp³-hybridized carbons (Fsp3) is 0.0476. The van der Waals surface area contributed by atoms with Crippen LogP contribution in [0.25, 0.3) is 17.0 Å². The molecule has 1 aromatic heterocycles. The Morgan fingerprint density at radius 1 is 1.14 bits per heavy atom. The van der Waals surface area contributed by atoms with Crippen molar-refractivity contribution >= 4 is 34.5 Å². The summed E-state index contributed by atoms with van der Waals surface area (Å²) < 4.78 is 1.74. The first kappa shape index (κ1) is 18.4. The molecule has 0 aliphatic carbocycles. The molecular formula is C21H14N4O3. The van der Waals surface area contributed by atoms with Gasteiger partial charge in [0.2, 0.25) is 0 Å². The topological polar surface area (TPSA) is 119 Å². The normalized spacial score (nSPS) is 10.9. The number of carbonyl (C=O) groups excluding carboxylic acids is 1. The van der Waals surface area contributed by atoms with E-state index in [1.165, 1.54) is 30.3 Å². The number of hydrogen-bond acceptors (Lipinski definition) is 4. The van der Waals surface area contributed by atoms with Crippen molar-refractivity contribution in [3.05, 3.63) is 71.4 Å². The molecule has 0 aliphatic rings. The summed E-state index contributed by atoms with van der Waals surface area (Å²) in [6.45, 7) is 0.143. The van der Waals surface area contributed by atoms with Crippen molar-refractivity contribution in [2.75, 3.05) is 5.32 Å². The maximum absolute atomic E-state index is 12.5. The van der Waals surface area contributed by atoms with Crippen LogP contribution in [-0.4, -0.2) is 21.6 Å². The molecule has 3 aromatic rings. The zero-order chi connectivity index (χ0) is 20.1. The Kier molecular flexibility index (Phi) is 5.20. The standard InChI is InChI=1S/C21H14N4O3/c22-8-9-25-13-16(18-6-1-2-7-19(18)25)10-15(12-23)20(26)24-17-5-3-4-14(11-17)21(27)28/h1-7,10-11,13H,9H2,(H,24,26)(H,27,28). The van der Waals surface area contributed by atoms with E-state index in [9.17, 15) is 14.9 Å². The Labute approximate surface area is 160 Å². The maximum Gasteiger partial charge on any atom is 0.335 e. The highest BCUT2D eigenvalue weighted by atomic mass is 16.4. The number of carboxylic acid groups (broad SMARTS) is 1. The van der Waals surface area contributed by atoms with Gasteiger partial charge in [0, 0.05) is 28.4 Å². The summed E-state index contributed by atoms with van der Waals surface area (Å²) in [5, 5.41) is 30.8. The Morgan fingerprint density at radius 3 is 2.64 bits per heavy atom. The molecule has 136 valence electrons. The third-order valence-electron chi connectivity index (χ3n) is 4.09. The monoisotopic (exact) mass is 370 g/mol. The number of nitriles is 2. The highest BCUT2D eigenvalue weighted by Crippen LogP contribution is 2.24. The molecule has 0 unspecified atom stereocenters. The quantitative estimate of drug-likeness (QED) is 0.527. The molecule has 2 N–H and O–H groups in total. The van der Waals surface area contributed by atoms with Gasteiger partial charge in [0.05, 0.1) is 11.6 Å². The Bertz CT molecular complexity index is 1190. The second-order valence-corrected chi connectivity index (χ2v) is 5.90. The summed E-state index contributed by atoms with van der Waals surface area (Å²) >= 11 is 0. The second-order valence-electron chi connectivity index (χ2n) is 5.90. The molecule has 0 fully saturated rings. The SMILES string of the molecule is N#CCn1cc(C=C(C#N)C(=O)Nc2cccc(C(=O)O)c2)c2ccccc21. The third kappa shape index (κ3) is 3.74. The van der Waals surface area contributed by atoms with Crippen molar-refractivity contribution in [3.8, 4) is 12.1 Å². The number of anilines is 1. The van der Waals surface area contributed by atoms with Gasteiger partial charge in [0.1, 0.15) is 18.2 Å². The molecule has 1 heterocycles. The van der Waals surface area contributed by atoms with Crippen LogP contribution >= 0.6 is 0 Å². The maximum atomic E-state index is 12.5. The van der Waals surface area contributed by atoms with Gasteiger partial charge in [-0.3, -0.25) is 4.79 Å². The van der Waals surface area contributed by atoms with Crippen molar-refractivity contribution in [2.45, 2.75) is 6.54 Å². The number of amides is 1. The molecule has 3 rings (SSSR count). The van der Waals surface area contributed by atoms with Crippen molar-refractivity contribution in [2.24, 2.45) is 0 Å². The van der Waals surface area contributed by atoms with Crippen LogP contribution in [-0.2, 0) is 11.3 Å². The summed E-state index contributed by atoms with van der Waals surface area (Å²) in [5.41, 5.74) is 1.62. The van der Waals surface area contributed by atoms with Crippen LogP contribution < -0.4 is 5.32 Å². The number of aromatic carboxylic acids is 1. The van der Waals surface area contributed by atoms with Crippen LogP contribution in [0, 0.1) is 22.7 Å². The number of para-hydroxylation sites is 1. The highest BCUT2D eigenvalue weighted by Gasteiger charge is 2.13. The van der Waals surface area contributed by atoms with E-state index in [1.807, 2.05) is 30.3 Å². The lowest BCUT2D eigenvalue weighted by Crippen LogP contribution is -2.13. The van der Waals surface area contributed by atoms with Crippen LogP contribution in [0.15, 0.2) is 60.3 Å². The van der Waals surface area contributed by atoms with Crippen molar-refractivity contribution in [3.63, 3.8) is 0 Å². The van der Waals surface area contributed by atoms with E-state index in [1.54, 1.807) is 10.8 Å². The van der Waals surface area contributed by atoms with Crippen molar-refractivity contribution in [1.29, 1.82) is 10.5 Å². The first-order valence-electron chi connectivity index (χ1n) is 8.25. The van der Waals surface area contributed by atoms with Crippen LogP contribution in [0.1, 0.15) is 15.9 Å². The minimum atomic E-state index is -1.11. The van der Waals surface area contributed by atoms with Crippen LogP contribution in [0.5, 0.6) is 0 Å². The van der Waals surface area contributed by atoms with Crippen LogP contribution in [0.4, 0.5) is 5.69 Å². The molecule has 0 saturated carbocycles. The highest BCUT2D eigenvalue weighted by molar-refractivity contribution is 6.11. The van der Waals surface area contributed by atoms with Gasteiger partial charge in [-0.2, -0.15) is 10.5 Å². The molecular weight excluding hydrogens is 356 g/mol. The number of nitrogens with zero attached hydrogens (tertiary/aromatic N) is 3. The average molecular weight is 370 g/mol. The molecule has 0 atom stereocenters. The number of nitrogens with one attached hydrogen (secondary N) is 1. The van der Waals surface area contributed by atoms with Gasteiger partial charge >= 0.3 is 5.97 Å². The number of aromatic nitrogens is 1. The van der Waals surface area contributed by atoms with E-state index in [-0.39, 0.29) is 23.4 Å². The fourth-order valence-electron chi connectivity index (χ4n) is 2.83.